The van der Waals surface area contributed by atoms with Gasteiger partial charge in [0, 0.05) is 0 Å². The molecule has 0 aromatic carbocycles. The molecule has 0 bridgehead atoms. The van der Waals surface area contributed by atoms with Gasteiger partial charge in [-0.15, -0.1) is 0 Å². The Morgan fingerprint density at radius 1 is 1.05 bits per heavy atom. The van der Waals surface area contributed by atoms with E-state index in [1.807, 2.05) is 0 Å². The highest BCUT2D eigenvalue weighted by Gasteiger charge is 2.32. The number of rotatable bonds is 9. The maximum absolute atomic E-state index is 2.48. The van der Waals surface area contributed by atoms with E-state index < -0.39 is 0 Å². The Bertz CT molecular complexity index is 317. The molecular formula is C19H34. The first-order valence-corrected chi connectivity index (χ1v) is 8.40. The molecule has 0 saturated carbocycles. The van der Waals surface area contributed by atoms with Crippen LogP contribution < -0.4 is 0 Å². The summed E-state index contributed by atoms with van der Waals surface area (Å²) in [4.78, 5) is 0. The molecule has 0 heteroatoms. The van der Waals surface area contributed by atoms with Crippen molar-refractivity contribution in [2.24, 2.45) is 11.3 Å². The molecule has 0 heterocycles. The fraction of sp³-hybridized carbons (Fsp3) is 0.789. The fourth-order valence-corrected chi connectivity index (χ4v) is 3.41. The van der Waals surface area contributed by atoms with Crippen LogP contribution >= 0.6 is 0 Å². The van der Waals surface area contributed by atoms with Gasteiger partial charge in [0.25, 0.3) is 0 Å². The summed E-state index contributed by atoms with van der Waals surface area (Å²) in [5.41, 5.74) is 3.51. The van der Waals surface area contributed by atoms with Crippen LogP contribution in [0.15, 0.2) is 23.3 Å². The van der Waals surface area contributed by atoms with E-state index in [4.69, 9.17) is 0 Å². The highest BCUT2D eigenvalue weighted by Crippen LogP contribution is 2.44. The van der Waals surface area contributed by atoms with Gasteiger partial charge in [-0.05, 0) is 37.5 Å². The molecule has 1 aliphatic carbocycles. The first-order chi connectivity index (χ1) is 9.02. The molecular weight excluding hydrogens is 228 g/mol. The topological polar surface area (TPSA) is 0 Å². The molecule has 1 unspecified atom stereocenters. The zero-order valence-corrected chi connectivity index (χ0v) is 13.9. The Kier molecular flexibility index (Phi) is 6.89. The molecule has 0 N–H and O–H groups in total. The summed E-state index contributed by atoms with van der Waals surface area (Å²) in [7, 11) is 0. The lowest BCUT2D eigenvalue weighted by atomic mass is 9.68. The van der Waals surface area contributed by atoms with Crippen molar-refractivity contribution in [2.75, 3.05) is 0 Å². The van der Waals surface area contributed by atoms with Crippen molar-refractivity contribution in [3.8, 4) is 0 Å². The van der Waals surface area contributed by atoms with Crippen LogP contribution in [0.25, 0.3) is 0 Å². The van der Waals surface area contributed by atoms with Gasteiger partial charge in [0.15, 0.2) is 0 Å². The summed E-state index contributed by atoms with van der Waals surface area (Å²) < 4.78 is 0. The van der Waals surface area contributed by atoms with Gasteiger partial charge in [-0.3, -0.25) is 0 Å². The normalized spacial score (nSPS) is 17.3. The highest BCUT2D eigenvalue weighted by atomic mass is 14.4. The Labute approximate surface area is 121 Å². The van der Waals surface area contributed by atoms with E-state index in [-0.39, 0.29) is 0 Å². The van der Waals surface area contributed by atoms with Crippen molar-refractivity contribution in [3.63, 3.8) is 0 Å². The van der Waals surface area contributed by atoms with Crippen molar-refractivity contribution in [3.05, 3.63) is 23.3 Å². The monoisotopic (exact) mass is 262 g/mol. The summed E-state index contributed by atoms with van der Waals surface area (Å²) in [6.45, 7) is 11.8. The highest BCUT2D eigenvalue weighted by molar-refractivity contribution is 5.34. The van der Waals surface area contributed by atoms with Crippen LogP contribution in [-0.2, 0) is 0 Å². The largest absolute Gasteiger partial charge is 0.0775 e. The average Bonchev–Trinajstić information content (AvgIpc) is 2.80. The molecule has 0 amide bonds. The predicted molar refractivity (Wildman–Crippen MR) is 87.4 cm³/mol. The zero-order valence-electron chi connectivity index (χ0n) is 13.9. The third kappa shape index (κ3) is 4.82. The Hall–Kier alpha value is -0.520. The smallest absolute Gasteiger partial charge is 0.0110 e. The van der Waals surface area contributed by atoms with Crippen LogP contribution in [0.1, 0.15) is 86.0 Å². The van der Waals surface area contributed by atoms with Crippen LogP contribution in [-0.4, -0.2) is 0 Å². The fourth-order valence-electron chi connectivity index (χ4n) is 3.41. The number of hydrogen-bond donors (Lipinski definition) is 0. The van der Waals surface area contributed by atoms with Gasteiger partial charge in [-0.2, -0.15) is 0 Å². The van der Waals surface area contributed by atoms with Crippen LogP contribution in [0.2, 0.25) is 0 Å². The van der Waals surface area contributed by atoms with Crippen molar-refractivity contribution in [2.45, 2.75) is 86.0 Å². The standard InChI is InChI=1S/C19H34/c1-6-8-9-10-12-17(11-7-2)19(4,5)18-14-13-16(3)15-18/h13,15,17H,6-12,14H2,1-5H3. The summed E-state index contributed by atoms with van der Waals surface area (Å²) in [5, 5.41) is 0. The Morgan fingerprint density at radius 3 is 2.32 bits per heavy atom. The van der Waals surface area contributed by atoms with Gasteiger partial charge < -0.3 is 0 Å². The minimum atomic E-state index is 0.385. The van der Waals surface area contributed by atoms with Crippen LogP contribution in [0.4, 0.5) is 0 Å². The van der Waals surface area contributed by atoms with E-state index in [0.717, 1.165) is 5.92 Å². The van der Waals surface area contributed by atoms with E-state index in [1.54, 1.807) is 5.57 Å². The van der Waals surface area contributed by atoms with Gasteiger partial charge in [-0.1, -0.05) is 83.1 Å². The van der Waals surface area contributed by atoms with E-state index in [2.05, 4.69) is 46.8 Å². The second-order valence-corrected chi connectivity index (χ2v) is 6.88. The zero-order chi connectivity index (χ0) is 14.3. The maximum atomic E-state index is 2.48. The lowest BCUT2D eigenvalue weighted by Gasteiger charge is -2.36. The van der Waals surface area contributed by atoms with Crippen molar-refractivity contribution >= 4 is 0 Å². The van der Waals surface area contributed by atoms with Crippen LogP contribution in [0.3, 0.4) is 0 Å². The SMILES string of the molecule is CCCCCCC(CCC)C(C)(C)C1=CC(C)=CC1. The lowest BCUT2D eigenvalue weighted by Crippen LogP contribution is -2.26. The van der Waals surface area contributed by atoms with Gasteiger partial charge in [-0.25, -0.2) is 0 Å². The number of hydrogen-bond acceptors (Lipinski definition) is 0. The summed E-state index contributed by atoms with van der Waals surface area (Å²) in [6.07, 6.45) is 15.7. The average molecular weight is 262 g/mol. The predicted octanol–water partition coefficient (Wildman–Crippen LogP) is 6.68. The van der Waals surface area contributed by atoms with Gasteiger partial charge in [0.2, 0.25) is 0 Å². The quantitative estimate of drug-likeness (QED) is 0.407. The molecule has 0 aromatic heterocycles. The molecule has 0 aromatic rings. The summed E-state index contributed by atoms with van der Waals surface area (Å²) in [5.74, 6) is 0.861. The molecule has 1 aliphatic rings. The molecule has 0 spiro atoms. The van der Waals surface area contributed by atoms with E-state index in [0.29, 0.717) is 5.41 Å². The minimum Gasteiger partial charge on any atom is -0.0775 e. The second-order valence-electron chi connectivity index (χ2n) is 6.88. The molecule has 1 atom stereocenters. The van der Waals surface area contributed by atoms with Crippen LogP contribution in [0.5, 0.6) is 0 Å². The van der Waals surface area contributed by atoms with E-state index >= 15 is 0 Å². The Morgan fingerprint density at radius 2 is 1.79 bits per heavy atom. The van der Waals surface area contributed by atoms with E-state index in [1.165, 1.54) is 56.9 Å². The molecule has 0 saturated heterocycles. The third-order valence-corrected chi connectivity index (χ3v) is 4.94. The van der Waals surface area contributed by atoms with Gasteiger partial charge >= 0.3 is 0 Å². The Balaban J connectivity index is 2.60. The number of unbranched alkanes of at least 4 members (excludes halogenated alkanes) is 3. The second kappa shape index (κ2) is 7.92. The van der Waals surface area contributed by atoms with Crippen molar-refractivity contribution in [1.29, 1.82) is 0 Å². The van der Waals surface area contributed by atoms with Crippen molar-refractivity contribution in [1.82, 2.24) is 0 Å². The van der Waals surface area contributed by atoms with E-state index in [9.17, 15) is 0 Å². The summed E-state index contributed by atoms with van der Waals surface area (Å²) in [6, 6.07) is 0. The molecule has 0 nitrogen and oxygen atoms in total. The third-order valence-electron chi connectivity index (χ3n) is 4.94. The molecule has 0 radical (unpaired) electrons. The van der Waals surface area contributed by atoms with Crippen molar-refractivity contribution < 1.29 is 0 Å². The van der Waals surface area contributed by atoms with Gasteiger partial charge in [0.05, 0.1) is 0 Å². The first-order valence-electron chi connectivity index (χ1n) is 8.40. The maximum Gasteiger partial charge on any atom is -0.0110 e. The number of allylic oxidation sites excluding steroid dienone is 4. The van der Waals surface area contributed by atoms with Gasteiger partial charge in [0.1, 0.15) is 0 Å². The van der Waals surface area contributed by atoms with Crippen LogP contribution in [0, 0.1) is 11.3 Å². The molecule has 1 rings (SSSR count). The molecule has 0 aliphatic heterocycles. The summed E-state index contributed by atoms with van der Waals surface area (Å²) >= 11 is 0. The molecule has 19 heavy (non-hydrogen) atoms. The molecule has 110 valence electrons. The lowest BCUT2D eigenvalue weighted by molar-refractivity contribution is 0.222. The first kappa shape index (κ1) is 16.5. The molecule has 0 fully saturated rings. The minimum absolute atomic E-state index is 0.385.